The van der Waals surface area contributed by atoms with Crippen molar-refractivity contribution in [2.45, 2.75) is 38.3 Å². The first-order valence-corrected chi connectivity index (χ1v) is 7.41. The summed E-state index contributed by atoms with van der Waals surface area (Å²) >= 11 is 0. The Labute approximate surface area is 132 Å². The van der Waals surface area contributed by atoms with Gasteiger partial charge in [-0.2, -0.15) is 0 Å². The van der Waals surface area contributed by atoms with Gasteiger partial charge < -0.3 is 19.9 Å². The number of amides is 1. The van der Waals surface area contributed by atoms with Gasteiger partial charge in [0.05, 0.1) is 17.6 Å². The van der Waals surface area contributed by atoms with Crippen LogP contribution in [0.2, 0.25) is 0 Å². The van der Waals surface area contributed by atoms with Gasteiger partial charge in [0.2, 0.25) is 0 Å². The van der Waals surface area contributed by atoms with E-state index in [1.165, 1.54) is 6.20 Å². The van der Waals surface area contributed by atoms with Gasteiger partial charge in [0.15, 0.2) is 0 Å². The van der Waals surface area contributed by atoms with Gasteiger partial charge in [-0.25, -0.2) is 4.79 Å². The Hall–Kier alpha value is -2.36. The highest BCUT2D eigenvalue weighted by molar-refractivity contribution is 5.64. The molecule has 1 aromatic rings. The lowest BCUT2D eigenvalue weighted by atomic mass is 10.1. The summed E-state index contributed by atoms with van der Waals surface area (Å²) in [5.74, 6) is -0.0379. The second kappa shape index (κ2) is 7.77. The minimum Gasteiger partial charge on any atom is -0.472 e. The average Bonchev–Trinajstić information content (AvgIpc) is 2.92. The fourth-order valence-corrected chi connectivity index (χ4v) is 2.35. The zero-order chi connectivity index (χ0) is 16.8. The van der Waals surface area contributed by atoms with Crippen molar-refractivity contribution in [1.29, 1.82) is 0 Å². The number of hydrogen-bond donors (Lipinski definition) is 2. The molecule has 1 saturated heterocycles. The lowest BCUT2D eigenvalue weighted by Gasteiger charge is -2.21. The molecule has 1 fully saturated rings. The van der Waals surface area contributed by atoms with E-state index in [0.717, 1.165) is 12.8 Å². The van der Waals surface area contributed by atoms with Crippen LogP contribution < -0.4 is 10.1 Å². The molecule has 0 aromatic carbocycles. The molecule has 1 atom stereocenters. The summed E-state index contributed by atoms with van der Waals surface area (Å²) in [5, 5.41) is 26.2. The van der Waals surface area contributed by atoms with Gasteiger partial charge in [-0.3, -0.25) is 14.8 Å². The third-order valence-corrected chi connectivity index (χ3v) is 3.60. The molecule has 0 bridgehead atoms. The zero-order valence-electron chi connectivity index (χ0n) is 12.8. The van der Waals surface area contributed by atoms with Crippen LogP contribution in [0.15, 0.2) is 6.20 Å². The molecule has 10 nitrogen and oxygen atoms in total. The molecule has 128 valence electrons. The smallest absolute Gasteiger partial charge is 0.404 e. The van der Waals surface area contributed by atoms with Gasteiger partial charge >= 0.3 is 17.7 Å². The van der Waals surface area contributed by atoms with Gasteiger partial charge in [0, 0.05) is 25.7 Å². The van der Waals surface area contributed by atoms with E-state index in [-0.39, 0.29) is 30.3 Å². The van der Waals surface area contributed by atoms with E-state index in [1.54, 1.807) is 11.6 Å². The summed E-state index contributed by atoms with van der Waals surface area (Å²) in [5.41, 5.74) is -0.185. The second-order valence-corrected chi connectivity index (χ2v) is 5.39. The maximum absolute atomic E-state index is 11.1. The van der Waals surface area contributed by atoms with E-state index in [0.29, 0.717) is 19.6 Å². The van der Waals surface area contributed by atoms with Crippen molar-refractivity contribution in [1.82, 2.24) is 15.1 Å². The molecule has 1 aliphatic heterocycles. The van der Waals surface area contributed by atoms with Crippen LogP contribution in [0.5, 0.6) is 5.88 Å². The average molecular weight is 328 g/mol. The van der Waals surface area contributed by atoms with Gasteiger partial charge in [-0.1, -0.05) is 0 Å². The van der Waals surface area contributed by atoms with Gasteiger partial charge in [0.25, 0.3) is 0 Å². The van der Waals surface area contributed by atoms with E-state index in [4.69, 9.17) is 14.6 Å². The fourth-order valence-electron chi connectivity index (χ4n) is 2.35. The lowest BCUT2D eigenvalue weighted by Crippen LogP contribution is -2.32. The Morgan fingerprint density at radius 3 is 2.96 bits per heavy atom. The first-order valence-electron chi connectivity index (χ1n) is 7.41. The molecule has 1 amide bonds. The quantitative estimate of drug-likeness (QED) is 0.574. The van der Waals surface area contributed by atoms with Crippen LogP contribution in [0, 0.1) is 10.1 Å². The molecule has 0 radical (unpaired) electrons. The van der Waals surface area contributed by atoms with Crippen molar-refractivity contribution in [3.63, 3.8) is 0 Å². The number of hydrogen-bond acceptors (Lipinski definition) is 6. The summed E-state index contributed by atoms with van der Waals surface area (Å²) in [4.78, 5) is 21.1. The number of nitrogens with one attached hydrogen (secondary N) is 1. The molecule has 0 spiro atoms. The number of nitrogens with zero attached hydrogens (tertiary/aromatic N) is 3. The Morgan fingerprint density at radius 2 is 2.35 bits per heavy atom. The topological polar surface area (TPSA) is 129 Å². The van der Waals surface area contributed by atoms with Crippen LogP contribution in [0.4, 0.5) is 10.5 Å². The van der Waals surface area contributed by atoms with E-state index < -0.39 is 11.0 Å². The predicted molar refractivity (Wildman–Crippen MR) is 78.7 cm³/mol. The van der Waals surface area contributed by atoms with Crippen LogP contribution in [0.25, 0.3) is 0 Å². The van der Waals surface area contributed by atoms with Crippen LogP contribution in [-0.2, 0) is 4.74 Å². The highest BCUT2D eigenvalue weighted by atomic mass is 16.6. The van der Waals surface area contributed by atoms with Crippen LogP contribution in [-0.4, -0.2) is 51.8 Å². The van der Waals surface area contributed by atoms with E-state index in [2.05, 4.69) is 10.4 Å². The van der Waals surface area contributed by atoms with Crippen LogP contribution in [0.3, 0.4) is 0 Å². The molecule has 10 heteroatoms. The first kappa shape index (κ1) is 17.0. The SMILES string of the molecule is C[C@H](CCOc1nn(C2CCOCC2)cc1[N+](=O)[O-])NC(=O)O. The molecule has 0 aliphatic carbocycles. The van der Waals surface area contributed by atoms with Gasteiger partial charge in [-0.05, 0) is 19.8 Å². The number of ether oxygens (including phenoxy) is 2. The Balaban J connectivity index is 1.97. The number of carboxylic acid groups (broad SMARTS) is 1. The number of aromatic nitrogens is 2. The van der Waals surface area contributed by atoms with Gasteiger partial charge in [0.1, 0.15) is 6.20 Å². The highest BCUT2D eigenvalue weighted by Gasteiger charge is 2.25. The highest BCUT2D eigenvalue weighted by Crippen LogP contribution is 2.29. The zero-order valence-corrected chi connectivity index (χ0v) is 12.8. The van der Waals surface area contributed by atoms with Crippen LogP contribution >= 0.6 is 0 Å². The maximum Gasteiger partial charge on any atom is 0.404 e. The number of rotatable bonds is 7. The third kappa shape index (κ3) is 4.81. The van der Waals surface area contributed by atoms with E-state index in [1.807, 2.05) is 0 Å². The minimum atomic E-state index is -1.12. The minimum absolute atomic E-state index is 0.0379. The van der Waals surface area contributed by atoms with Crippen molar-refractivity contribution < 1.29 is 24.3 Å². The summed E-state index contributed by atoms with van der Waals surface area (Å²) in [6, 6.07) is -0.253. The number of carbonyl (C=O) groups is 1. The fraction of sp³-hybridized carbons (Fsp3) is 0.692. The lowest BCUT2D eigenvalue weighted by molar-refractivity contribution is -0.386. The first-order chi connectivity index (χ1) is 11.0. The Bertz CT molecular complexity index is 555. The molecule has 2 N–H and O–H groups in total. The van der Waals surface area contributed by atoms with Gasteiger partial charge in [-0.15, -0.1) is 5.10 Å². The summed E-state index contributed by atoms with van der Waals surface area (Å²) < 4.78 is 12.2. The third-order valence-electron chi connectivity index (χ3n) is 3.60. The molecular formula is C13H20N4O6. The van der Waals surface area contributed by atoms with Crippen molar-refractivity contribution >= 4 is 11.8 Å². The predicted octanol–water partition coefficient (Wildman–Crippen LogP) is 1.57. The molecule has 0 unspecified atom stereocenters. The molecule has 1 aromatic heterocycles. The number of nitro groups is 1. The monoisotopic (exact) mass is 328 g/mol. The largest absolute Gasteiger partial charge is 0.472 e. The van der Waals surface area contributed by atoms with E-state index in [9.17, 15) is 14.9 Å². The molecule has 0 saturated carbocycles. The Kier molecular flexibility index (Phi) is 5.74. The molecule has 23 heavy (non-hydrogen) atoms. The normalized spacial score (nSPS) is 16.7. The van der Waals surface area contributed by atoms with E-state index >= 15 is 0 Å². The summed E-state index contributed by atoms with van der Waals surface area (Å²) in [7, 11) is 0. The summed E-state index contributed by atoms with van der Waals surface area (Å²) in [6.45, 7) is 3.03. The Morgan fingerprint density at radius 1 is 1.65 bits per heavy atom. The molecule has 2 rings (SSSR count). The standard InChI is InChI=1S/C13H20N4O6/c1-9(14-13(18)19)2-7-23-12-11(17(20)21)8-16(15-12)10-3-5-22-6-4-10/h8-10,14H,2-7H2,1H3,(H,18,19)/t9-/m1/s1. The molecule has 2 heterocycles. The van der Waals surface area contributed by atoms with Crippen LogP contribution in [0.1, 0.15) is 32.2 Å². The molecule has 1 aliphatic rings. The van der Waals surface area contributed by atoms with Crippen molar-refractivity contribution in [2.75, 3.05) is 19.8 Å². The van der Waals surface area contributed by atoms with Crippen molar-refractivity contribution in [2.24, 2.45) is 0 Å². The molecular weight excluding hydrogens is 308 g/mol. The second-order valence-electron chi connectivity index (χ2n) is 5.39. The van der Waals surface area contributed by atoms with Crippen molar-refractivity contribution in [3.05, 3.63) is 16.3 Å². The van der Waals surface area contributed by atoms with Crippen molar-refractivity contribution in [3.8, 4) is 5.88 Å². The maximum atomic E-state index is 11.1. The summed E-state index contributed by atoms with van der Waals surface area (Å²) in [6.07, 6.45) is 2.14.